The van der Waals surface area contributed by atoms with Crippen molar-refractivity contribution in [1.82, 2.24) is 14.5 Å². The molecular formula is C16H31N3O5S2. The van der Waals surface area contributed by atoms with E-state index in [9.17, 15) is 21.6 Å². The lowest BCUT2D eigenvalue weighted by molar-refractivity contribution is -0.130. The minimum atomic E-state index is -3.62. The highest BCUT2D eigenvalue weighted by molar-refractivity contribution is 7.90. The van der Waals surface area contributed by atoms with E-state index in [1.54, 1.807) is 4.90 Å². The third kappa shape index (κ3) is 7.50. The van der Waals surface area contributed by atoms with Gasteiger partial charge in [0, 0.05) is 45.0 Å². The fourth-order valence-corrected chi connectivity index (χ4v) is 5.37. The summed E-state index contributed by atoms with van der Waals surface area (Å²) in [4.78, 5) is 15.9. The summed E-state index contributed by atoms with van der Waals surface area (Å²) in [6.07, 6.45) is 4.88. The molecule has 2 aliphatic rings. The maximum atomic E-state index is 12.3. The van der Waals surface area contributed by atoms with E-state index in [1.807, 2.05) is 4.90 Å². The predicted octanol–water partition coefficient (Wildman–Crippen LogP) is -0.327. The van der Waals surface area contributed by atoms with Gasteiger partial charge in [0.25, 0.3) is 0 Å². The number of hydrogen-bond acceptors (Lipinski definition) is 6. The van der Waals surface area contributed by atoms with Crippen LogP contribution in [0.1, 0.15) is 32.6 Å². The summed E-state index contributed by atoms with van der Waals surface area (Å²) >= 11 is 0. The standard InChI is InChI=1S/C16H31N3O5S2/c1-14-3-5-15(6-4-14)17-26(23,24)13-16(20)19-9-7-18(8-10-19)11-12-25(2,21)22/h14-15,17H,3-13H2,1-2H3. The Morgan fingerprint density at radius 2 is 1.58 bits per heavy atom. The van der Waals surface area contributed by atoms with Gasteiger partial charge in [0.2, 0.25) is 15.9 Å². The SMILES string of the molecule is CC1CCC(NS(=O)(=O)CC(=O)N2CCN(CCS(C)(=O)=O)CC2)CC1. The van der Waals surface area contributed by atoms with Crippen LogP contribution in [0.4, 0.5) is 0 Å². The first kappa shape index (κ1) is 21.6. The van der Waals surface area contributed by atoms with Crippen molar-refractivity contribution >= 4 is 25.8 Å². The lowest BCUT2D eigenvalue weighted by atomic mass is 9.88. The highest BCUT2D eigenvalue weighted by atomic mass is 32.2. The summed E-state index contributed by atoms with van der Waals surface area (Å²) in [7, 11) is -6.63. The van der Waals surface area contributed by atoms with E-state index in [2.05, 4.69) is 11.6 Å². The number of nitrogens with one attached hydrogen (secondary N) is 1. The first-order valence-electron chi connectivity index (χ1n) is 9.22. The number of nitrogens with zero attached hydrogens (tertiary/aromatic N) is 2. The summed E-state index contributed by atoms with van der Waals surface area (Å²) in [5.41, 5.74) is 0. The van der Waals surface area contributed by atoms with Crippen molar-refractivity contribution in [3.63, 3.8) is 0 Å². The zero-order valence-corrected chi connectivity index (χ0v) is 17.3. The molecule has 1 heterocycles. The molecule has 1 amide bonds. The van der Waals surface area contributed by atoms with Crippen LogP contribution in [-0.4, -0.2) is 89.1 Å². The van der Waals surface area contributed by atoms with Gasteiger partial charge in [0.05, 0.1) is 5.75 Å². The average molecular weight is 410 g/mol. The molecule has 0 aromatic rings. The van der Waals surface area contributed by atoms with Crippen LogP contribution >= 0.6 is 0 Å². The maximum Gasteiger partial charge on any atom is 0.239 e. The average Bonchev–Trinajstić information content (AvgIpc) is 2.54. The highest BCUT2D eigenvalue weighted by Gasteiger charge is 2.28. The Labute approximate surface area is 157 Å². The molecule has 0 atom stereocenters. The van der Waals surface area contributed by atoms with Crippen molar-refractivity contribution in [2.24, 2.45) is 5.92 Å². The molecule has 0 aromatic carbocycles. The summed E-state index contributed by atoms with van der Waals surface area (Å²) < 4.78 is 49.7. The second-order valence-corrected chi connectivity index (χ2v) is 11.7. The summed E-state index contributed by atoms with van der Waals surface area (Å²) in [6, 6.07) is -0.0585. The van der Waals surface area contributed by atoms with Crippen LogP contribution in [-0.2, 0) is 24.7 Å². The predicted molar refractivity (Wildman–Crippen MR) is 101 cm³/mol. The van der Waals surface area contributed by atoms with Gasteiger partial charge in [0.15, 0.2) is 0 Å². The zero-order valence-electron chi connectivity index (χ0n) is 15.7. The van der Waals surface area contributed by atoms with Crippen molar-refractivity contribution in [3.05, 3.63) is 0 Å². The van der Waals surface area contributed by atoms with E-state index in [0.717, 1.165) is 25.7 Å². The zero-order chi connectivity index (χ0) is 19.4. The molecule has 26 heavy (non-hydrogen) atoms. The van der Waals surface area contributed by atoms with Crippen LogP contribution in [0.2, 0.25) is 0 Å². The first-order valence-corrected chi connectivity index (χ1v) is 12.9. The summed E-state index contributed by atoms with van der Waals surface area (Å²) in [5.74, 6) is -0.164. The number of sulfone groups is 1. The topological polar surface area (TPSA) is 104 Å². The monoisotopic (exact) mass is 409 g/mol. The minimum absolute atomic E-state index is 0.0585. The van der Waals surface area contributed by atoms with Crippen molar-refractivity contribution in [3.8, 4) is 0 Å². The van der Waals surface area contributed by atoms with E-state index in [4.69, 9.17) is 0 Å². The van der Waals surface area contributed by atoms with Gasteiger partial charge in [-0.25, -0.2) is 21.6 Å². The Balaban J connectivity index is 1.75. The van der Waals surface area contributed by atoms with Gasteiger partial charge < -0.3 is 4.90 Å². The van der Waals surface area contributed by atoms with Crippen LogP contribution in [0.25, 0.3) is 0 Å². The van der Waals surface area contributed by atoms with Gasteiger partial charge in [-0.3, -0.25) is 9.69 Å². The van der Waals surface area contributed by atoms with Crippen molar-refractivity contribution < 1.29 is 21.6 Å². The van der Waals surface area contributed by atoms with Crippen LogP contribution in [0.3, 0.4) is 0 Å². The molecule has 1 N–H and O–H groups in total. The number of hydrogen-bond donors (Lipinski definition) is 1. The van der Waals surface area contributed by atoms with Gasteiger partial charge in [-0.2, -0.15) is 0 Å². The molecule has 1 saturated carbocycles. The fourth-order valence-electron chi connectivity index (χ4n) is 3.44. The van der Waals surface area contributed by atoms with Crippen LogP contribution in [0, 0.1) is 5.92 Å². The maximum absolute atomic E-state index is 12.3. The van der Waals surface area contributed by atoms with E-state index in [0.29, 0.717) is 38.6 Å². The Bertz CT molecular complexity index is 677. The van der Waals surface area contributed by atoms with Crippen LogP contribution in [0.15, 0.2) is 0 Å². The second-order valence-electron chi connectivity index (χ2n) is 7.69. The molecule has 0 radical (unpaired) electrons. The lowest BCUT2D eigenvalue weighted by Gasteiger charge is -2.34. The fraction of sp³-hybridized carbons (Fsp3) is 0.938. The number of rotatable bonds is 7. The van der Waals surface area contributed by atoms with E-state index >= 15 is 0 Å². The third-order valence-corrected chi connectivity index (χ3v) is 7.42. The van der Waals surface area contributed by atoms with Crippen molar-refractivity contribution in [2.75, 3.05) is 50.5 Å². The molecule has 0 aromatic heterocycles. The Hall–Kier alpha value is -0.710. The first-order chi connectivity index (χ1) is 12.0. The number of sulfonamides is 1. The molecular weight excluding hydrogens is 378 g/mol. The summed E-state index contributed by atoms with van der Waals surface area (Å²) in [6.45, 7) is 4.60. The highest BCUT2D eigenvalue weighted by Crippen LogP contribution is 2.23. The summed E-state index contributed by atoms with van der Waals surface area (Å²) in [5, 5.41) is 0. The smallest absolute Gasteiger partial charge is 0.239 e. The third-order valence-electron chi connectivity index (χ3n) is 5.18. The Kier molecular flexibility index (Phi) is 7.46. The number of amides is 1. The molecule has 0 bridgehead atoms. The normalized spacial score (nSPS) is 26.0. The quantitative estimate of drug-likeness (QED) is 0.618. The molecule has 1 aliphatic heterocycles. The molecule has 2 rings (SSSR count). The van der Waals surface area contributed by atoms with E-state index in [1.165, 1.54) is 6.26 Å². The van der Waals surface area contributed by atoms with Gasteiger partial charge in [-0.05, 0) is 31.6 Å². The second kappa shape index (κ2) is 8.99. The molecule has 2 fully saturated rings. The largest absolute Gasteiger partial charge is 0.339 e. The minimum Gasteiger partial charge on any atom is -0.339 e. The molecule has 0 spiro atoms. The van der Waals surface area contributed by atoms with Crippen molar-refractivity contribution in [1.29, 1.82) is 0 Å². The van der Waals surface area contributed by atoms with Crippen LogP contribution in [0.5, 0.6) is 0 Å². The number of piperazine rings is 1. The molecule has 0 unspecified atom stereocenters. The Morgan fingerprint density at radius 3 is 2.12 bits per heavy atom. The molecule has 1 saturated heterocycles. The molecule has 1 aliphatic carbocycles. The van der Waals surface area contributed by atoms with Crippen molar-refractivity contribution in [2.45, 2.75) is 38.6 Å². The Morgan fingerprint density at radius 1 is 1.00 bits per heavy atom. The number of carbonyl (C=O) groups excluding carboxylic acids is 1. The van der Waals surface area contributed by atoms with Gasteiger partial charge in [-0.15, -0.1) is 0 Å². The van der Waals surface area contributed by atoms with Gasteiger partial charge in [-0.1, -0.05) is 6.92 Å². The van der Waals surface area contributed by atoms with Gasteiger partial charge in [0.1, 0.15) is 15.6 Å². The van der Waals surface area contributed by atoms with Gasteiger partial charge >= 0.3 is 0 Å². The molecule has 152 valence electrons. The van der Waals surface area contributed by atoms with E-state index in [-0.39, 0.29) is 17.7 Å². The van der Waals surface area contributed by atoms with E-state index < -0.39 is 25.6 Å². The molecule has 10 heteroatoms. The van der Waals surface area contributed by atoms with Crippen LogP contribution < -0.4 is 4.72 Å². The number of carbonyl (C=O) groups is 1. The lowest BCUT2D eigenvalue weighted by Crippen LogP contribution is -2.52. The molecule has 8 nitrogen and oxygen atoms in total.